The van der Waals surface area contributed by atoms with Gasteiger partial charge in [0.15, 0.2) is 11.6 Å². The standard InChI is InChI=1S/C9H12FNO/c1-7-3-2-4-8(9(7)10)12-6-5-11/h2-4H,5-6,11H2,1H3. The van der Waals surface area contributed by atoms with Crippen molar-refractivity contribution < 1.29 is 9.13 Å². The van der Waals surface area contributed by atoms with E-state index < -0.39 is 0 Å². The van der Waals surface area contributed by atoms with Crippen LogP contribution < -0.4 is 10.5 Å². The summed E-state index contributed by atoms with van der Waals surface area (Å²) in [7, 11) is 0. The van der Waals surface area contributed by atoms with Crippen molar-refractivity contribution in [2.75, 3.05) is 13.2 Å². The summed E-state index contributed by atoms with van der Waals surface area (Å²) in [5.74, 6) is -0.0219. The maximum atomic E-state index is 13.2. The monoisotopic (exact) mass is 169 g/mol. The highest BCUT2D eigenvalue weighted by molar-refractivity contribution is 5.29. The lowest BCUT2D eigenvalue weighted by Crippen LogP contribution is -2.11. The van der Waals surface area contributed by atoms with Gasteiger partial charge in [-0.05, 0) is 18.6 Å². The van der Waals surface area contributed by atoms with Gasteiger partial charge in [0, 0.05) is 6.54 Å². The zero-order valence-electron chi connectivity index (χ0n) is 7.01. The quantitative estimate of drug-likeness (QED) is 0.743. The van der Waals surface area contributed by atoms with Crippen LogP contribution in [0.2, 0.25) is 0 Å². The van der Waals surface area contributed by atoms with Gasteiger partial charge in [0.25, 0.3) is 0 Å². The van der Waals surface area contributed by atoms with E-state index in [0.717, 1.165) is 0 Å². The van der Waals surface area contributed by atoms with Crippen molar-refractivity contribution in [2.45, 2.75) is 6.92 Å². The molecule has 0 atom stereocenters. The van der Waals surface area contributed by atoms with Crippen LogP contribution in [0.4, 0.5) is 4.39 Å². The van der Waals surface area contributed by atoms with E-state index in [-0.39, 0.29) is 11.6 Å². The van der Waals surface area contributed by atoms with Gasteiger partial charge in [-0.25, -0.2) is 4.39 Å². The Hall–Kier alpha value is -1.09. The largest absolute Gasteiger partial charge is 0.489 e. The van der Waals surface area contributed by atoms with Crippen LogP contribution >= 0.6 is 0 Å². The van der Waals surface area contributed by atoms with Crippen LogP contribution in [0.25, 0.3) is 0 Å². The van der Waals surface area contributed by atoms with Crippen molar-refractivity contribution in [3.63, 3.8) is 0 Å². The second-order valence-corrected chi connectivity index (χ2v) is 2.52. The highest BCUT2D eigenvalue weighted by Crippen LogP contribution is 2.18. The Labute approximate surface area is 71.1 Å². The second kappa shape index (κ2) is 4.07. The molecule has 0 radical (unpaired) electrons. The number of ether oxygens (including phenoxy) is 1. The van der Waals surface area contributed by atoms with Crippen LogP contribution in [0.15, 0.2) is 18.2 Å². The maximum Gasteiger partial charge on any atom is 0.167 e. The van der Waals surface area contributed by atoms with Gasteiger partial charge in [0.1, 0.15) is 6.61 Å². The van der Waals surface area contributed by atoms with E-state index in [1.165, 1.54) is 0 Å². The van der Waals surface area contributed by atoms with E-state index in [1.54, 1.807) is 25.1 Å². The summed E-state index contributed by atoms with van der Waals surface area (Å²) in [5.41, 5.74) is 5.80. The molecule has 0 aliphatic carbocycles. The summed E-state index contributed by atoms with van der Waals surface area (Å²) in [6, 6.07) is 5.05. The fourth-order valence-corrected chi connectivity index (χ4v) is 0.901. The molecule has 1 aromatic rings. The third kappa shape index (κ3) is 1.95. The first kappa shape index (κ1) is 9.00. The molecule has 0 bridgehead atoms. The Morgan fingerprint density at radius 1 is 1.50 bits per heavy atom. The van der Waals surface area contributed by atoms with Crippen LogP contribution in [0.1, 0.15) is 5.56 Å². The minimum atomic E-state index is -0.300. The Bertz CT molecular complexity index is 263. The predicted molar refractivity (Wildman–Crippen MR) is 45.7 cm³/mol. The number of hydrogen-bond donors (Lipinski definition) is 1. The van der Waals surface area contributed by atoms with Crippen molar-refractivity contribution in [1.82, 2.24) is 0 Å². The molecule has 66 valence electrons. The average Bonchev–Trinajstić information content (AvgIpc) is 2.08. The minimum absolute atomic E-state index is 0.278. The van der Waals surface area contributed by atoms with Gasteiger partial charge in [-0.15, -0.1) is 0 Å². The van der Waals surface area contributed by atoms with E-state index >= 15 is 0 Å². The van der Waals surface area contributed by atoms with E-state index in [1.807, 2.05) is 0 Å². The lowest BCUT2D eigenvalue weighted by Gasteiger charge is -2.06. The first-order valence-electron chi connectivity index (χ1n) is 3.83. The van der Waals surface area contributed by atoms with Gasteiger partial charge < -0.3 is 10.5 Å². The molecule has 0 aromatic heterocycles. The molecule has 0 spiro atoms. The number of nitrogens with two attached hydrogens (primary N) is 1. The fraction of sp³-hybridized carbons (Fsp3) is 0.333. The topological polar surface area (TPSA) is 35.2 Å². The molecule has 12 heavy (non-hydrogen) atoms. The van der Waals surface area contributed by atoms with Gasteiger partial charge >= 0.3 is 0 Å². The number of rotatable bonds is 3. The molecule has 2 nitrogen and oxygen atoms in total. The average molecular weight is 169 g/mol. The normalized spacial score (nSPS) is 9.92. The molecule has 2 N–H and O–H groups in total. The lowest BCUT2D eigenvalue weighted by atomic mass is 10.2. The van der Waals surface area contributed by atoms with Crippen LogP contribution in [-0.4, -0.2) is 13.2 Å². The summed E-state index contributed by atoms with van der Waals surface area (Å²) in [6.45, 7) is 2.44. The smallest absolute Gasteiger partial charge is 0.167 e. The van der Waals surface area contributed by atoms with Crippen LogP contribution in [0.5, 0.6) is 5.75 Å². The molecule has 0 fully saturated rings. The van der Waals surface area contributed by atoms with E-state index in [9.17, 15) is 4.39 Å². The predicted octanol–water partition coefficient (Wildman–Crippen LogP) is 1.47. The van der Waals surface area contributed by atoms with Crippen molar-refractivity contribution in [2.24, 2.45) is 5.73 Å². The Morgan fingerprint density at radius 2 is 2.25 bits per heavy atom. The fourth-order valence-electron chi connectivity index (χ4n) is 0.901. The molecule has 0 heterocycles. The SMILES string of the molecule is Cc1cccc(OCCN)c1F. The van der Waals surface area contributed by atoms with Crippen molar-refractivity contribution in [3.8, 4) is 5.75 Å². The van der Waals surface area contributed by atoms with Crippen LogP contribution in [0.3, 0.4) is 0 Å². The van der Waals surface area contributed by atoms with Crippen molar-refractivity contribution in [3.05, 3.63) is 29.6 Å². The van der Waals surface area contributed by atoms with Crippen molar-refractivity contribution >= 4 is 0 Å². The number of benzene rings is 1. The molecule has 0 saturated carbocycles. The molecular formula is C9H12FNO. The van der Waals surface area contributed by atoms with Gasteiger partial charge in [0.2, 0.25) is 0 Å². The van der Waals surface area contributed by atoms with Crippen molar-refractivity contribution in [1.29, 1.82) is 0 Å². The number of hydrogen-bond acceptors (Lipinski definition) is 2. The first-order chi connectivity index (χ1) is 5.75. The number of aryl methyl sites for hydroxylation is 1. The third-order valence-electron chi connectivity index (χ3n) is 1.53. The molecular weight excluding hydrogens is 157 g/mol. The summed E-state index contributed by atoms with van der Waals surface area (Å²) in [5, 5.41) is 0. The summed E-state index contributed by atoms with van der Waals surface area (Å²) in [4.78, 5) is 0. The Balaban J connectivity index is 2.78. The first-order valence-corrected chi connectivity index (χ1v) is 3.83. The second-order valence-electron chi connectivity index (χ2n) is 2.52. The van der Waals surface area contributed by atoms with Gasteiger partial charge in [-0.1, -0.05) is 12.1 Å². The molecule has 0 amide bonds. The Kier molecular flexibility index (Phi) is 3.05. The summed E-state index contributed by atoms with van der Waals surface area (Å²) >= 11 is 0. The summed E-state index contributed by atoms with van der Waals surface area (Å²) < 4.78 is 18.2. The van der Waals surface area contributed by atoms with Gasteiger partial charge in [0.05, 0.1) is 0 Å². The van der Waals surface area contributed by atoms with E-state index in [4.69, 9.17) is 10.5 Å². The maximum absolute atomic E-state index is 13.2. The molecule has 1 rings (SSSR count). The molecule has 0 unspecified atom stereocenters. The highest BCUT2D eigenvalue weighted by atomic mass is 19.1. The third-order valence-corrected chi connectivity index (χ3v) is 1.53. The highest BCUT2D eigenvalue weighted by Gasteiger charge is 2.03. The van der Waals surface area contributed by atoms with Crippen LogP contribution in [0, 0.1) is 12.7 Å². The van der Waals surface area contributed by atoms with Gasteiger partial charge in [-0.2, -0.15) is 0 Å². The molecule has 0 aliphatic heterocycles. The van der Waals surface area contributed by atoms with E-state index in [2.05, 4.69) is 0 Å². The Morgan fingerprint density at radius 3 is 2.92 bits per heavy atom. The molecule has 1 aromatic carbocycles. The van der Waals surface area contributed by atoms with E-state index in [0.29, 0.717) is 18.7 Å². The summed E-state index contributed by atoms with van der Waals surface area (Å²) in [6.07, 6.45) is 0. The molecule has 0 aliphatic rings. The van der Waals surface area contributed by atoms with Crippen LogP contribution in [-0.2, 0) is 0 Å². The lowest BCUT2D eigenvalue weighted by molar-refractivity contribution is 0.310. The molecule has 3 heteroatoms. The van der Waals surface area contributed by atoms with Gasteiger partial charge in [-0.3, -0.25) is 0 Å². The number of halogens is 1. The molecule has 0 saturated heterocycles. The zero-order chi connectivity index (χ0) is 8.97. The minimum Gasteiger partial charge on any atom is -0.489 e. The zero-order valence-corrected chi connectivity index (χ0v) is 7.01.